The summed E-state index contributed by atoms with van der Waals surface area (Å²) in [6, 6.07) is 14.0. The first kappa shape index (κ1) is 16.7. The van der Waals surface area contributed by atoms with Crippen molar-refractivity contribution in [1.82, 2.24) is 20.2 Å². The maximum absolute atomic E-state index is 5.90. The summed E-state index contributed by atoms with van der Waals surface area (Å²) in [6.45, 7) is 3.05. The van der Waals surface area contributed by atoms with E-state index in [0.29, 0.717) is 13.2 Å². The highest BCUT2D eigenvalue weighted by molar-refractivity contribution is 6.01. The van der Waals surface area contributed by atoms with E-state index >= 15 is 0 Å². The molecule has 28 heavy (non-hydrogen) atoms. The SMILES string of the molecule is Nc1ccc(-c2cc(N3CCOCC3)nc3c(-c4ccn[nH]4)nccc23)cc1. The molecule has 0 radical (unpaired) electrons. The maximum atomic E-state index is 5.90. The Labute approximate surface area is 162 Å². The molecule has 1 aromatic carbocycles. The fourth-order valence-electron chi connectivity index (χ4n) is 3.58. The molecule has 0 aliphatic carbocycles. The molecule has 1 fully saturated rings. The molecule has 0 atom stereocenters. The van der Waals surface area contributed by atoms with Crippen LogP contribution >= 0.6 is 0 Å². The molecule has 7 heteroatoms. The first-order valence-electron chi connectivity index (χ1n) is 9.28. The van der Waals surface area contributed by atoms with E-state index in [0.717, 1.165) is 58.0 Å². The van der Waals surface area contributed by atoms with Crippen LogP contribution in [0.4, 0.5) is 11.5 Å². The van der Waals surface area contributed by atoms with Crippen molar-refractivity contribution in [3.05, 3.63) is 54.9 Å². The fraction of sp³-hybridized carbons (Fsp3) is 0.190. The molecular weight excluding hydrogens is 352 g/mol. The van der Waals surface area contributed by atoms with Crippen molar-refractivity contribution in [2.45, 2.75) is 0 Å². The number of H-pyrrole nitrogens is 1. The van der Waals surface area contributed by atoms with Gasteiger partial charge in [0, 0.05) is 36.6 Å². The van der Waals surface area contributed by atoms with Crippen LogP contribution in [0.1, 0.15) is 0 Å². The number of pyridine rings is 2. The van der Waals surface area contributed by atoms with Crippen molar-refractivity contribution in [3.63, 3.8) is 0 Å². The third-order valence-electron chi connectivity index (χ3n) is 5.03. The normalized spacial score (nSPS) is 14.5. The number of hydrogen-bond acceptors (Lipinski definition) is 6. The zero-order valence-corrected chi connectivity index (χ0v) is 15.3. The van der Waals surface area contributed by atoms with Crippen molar-refractivity contribution < 1.29 is 4.74 Å². The van der Waals surface area contributed by atoms with Crippen molar-refractivity contribution in [1.29, 1.82) is 0 Å². The van der Waals surface area contributed by atoms with Crippen LogP contribution in [-0.2, 0) is 4.74 Å². The first-order chi connectivity index (χ1) is 13.8. The molecule has 0 amide bonds. The van der Waals surface area contributed by atoms with Gasteiger partial charge in [-0.2, -0.15) is 5.10 Å². The number of fused-ring (bicyclic) bond motifs is 1. The van der Waals surface area contributed by atoms with Gasteiger partial charge in [-0.25, -0.2) is 4.98 Å². The van der Waals surface area contributed by atoms with Crippen LogP contribution in [0, 0.1) is 0 Å². The lowest BCUT2D eigenvalue weighted by Gasteiger charge is -2.28. The Bertz CT molecular complexity index is 1100. The molecule has 7 nitrogen and oxygen atoms in total. The van der Waals surface area contributed by atoms with Crippen LogP contribution in [0.15, 0.2) is 54.9 Å². The molecule has 0 bridgehead atoms. The second-order valence-corrected chi connectivity index (χ2v) is 6.78. The van der Waals surface area contributed by atoms with Crippen molar-refractivity contribution >= 4 is 22.4 Å². The summed E-state index contributed by atoms with van der Waals surface area (Å²) in [5.74, 6) is 0.927. The number of nitrogens with two attached hydrogens (primary N) is 1. The second kappa shape index (κ2) is 6.94. The largest absolute Gasteiger partial charge is 0.399 e. The number of nitrogen functional groups attached to an aromatic ring is 1. The Hall–Kier alpha value is -3.45. The topological polar surface area (TPSA) is 93.0 Å². The van der Waals surface area contributed by atoms with Crippen molar-refractivity contribution in [3.8, 4) is 22.5 Å². The molecule has 0 unspecified atom stereocenters. The number of rotatable bonds is 3. The highest BCUT2D eigenvalue weighted by Crippen LogP contribution is 2.35. The summed E-state index contributed by atoms with van der Waals surface area (Å²) in [5.41, 5.74) is 11.3. The maximum Gasteiger partial charge on any atom is 0.130 e. The minimum absolute atomic E-state index is 0.706. The van der Waals surface area contributed by atoms with Gasteiger partial charge in [-0.15, -0.1) is 0 Å². The van der Waals surface area contributed by atoms with E-state index in [-0.39, 0.29) is 0 Å². The van der Waals surface area contributed by atoms with Gasteiger partial charge in [0.1, 0.15) is 17.0 Å². The Morgan fingerprint density at radius 2 is 1.82 bits per heavy atom. The van der Waals surface area contributed by atoms with Gasteiger partial charge >= 0.3 is 0 Å². The molecule has 1 aliphatic heterocycles. The van der Waals surface area contributed by atoms with Crippen molar-refractivity contribution in [2.24, 2.45) is 0 Å². The average Bonchev–Trinajstić information content (AvgIpc) is 3.28. The summed E-state index contributed by atoms with van der Waals surface area (Å²) < 4.78 is 5.51. The Balaban J connectivity index is 1.76. The van der Waals surface area contributed by atoms with E-state index in [9.17, 15) is 0 Å². The molecule has 3 aromatic heterocycles. The number of benzene rings is 1. The molecule has 140 valence electrons. The number of ether oxygens (including phenoxy) is 1. The Kier molecular flexibility index (Phi) is 4.14. The molecule has 3 N–H and O–H groups in total. The van der Waals surface area contributed by atoms with Gasteiger partial charge in [0.05, 0.1) is 18.9 Å². The second-order valence-electron chi connectivity index (χ2n) is 6.78. The van der Waals surface area contributed by atoms with Gasteiger partial charge in [-0.3, -0.25) is 10.1 Å². The number of aromatic nitrogens is 4. The standard InChI is InChI=1S/C21H20N6O/c22-15-3-1-14(2-4-15)17-13-19(27-9-11-28-12-10-27)25-20-16(17)5-7-23-21(20)18-6-8-24-26-18/h1-8,13H,9-12,22H2,(H,24,26). The van der Waals surface area contributed by atoms with Crippen molar-refractivity contribution in [2.75, 3.05) is 36.9 Å². The quantitative estimate of drug-likeness (QED) is 0.537. The van der Waals surface area contributed by atoms with Crippen LogP contribution in [0.5, 0.6) is 0 Å². The molecular formula is C21H20N6O. The van der Waals surface area contributed by atoms with Gasteiger partial charge in [0.2, 0.25) is 0 Å². The zero-order chi connectivity index (χ0) is 18.9. The molecule has 0 saturated carbocycles. The van der Waals surface area contributed by atoms with Gasteiger partial charge in [-0.05, 0) is 41.5 Å². The Morgan fingerprint density at radius 3 is 2.57 bits per heavy atom. The van der Waals surface area contributed by atoms with Crippen LogP contribution in [0.3, 0.4) is 0 Å². The summed E-state index contributed by atoms with van der Waals surface area (Å²) in [6.07, 6.45) is 3.54. The minimum Gasteiger partial charge on any atom is -0.399 e. The number of nitrogens with one attached hydrogen (secondary N) is 1. The summed E-state index contributed by atoms with van der Waals surface area (Å²) in [4.78, 5) is 11.8. The van der Waals surface area contributed by atoms with E-state index in [2.05, 4.69) is 26.1 Å². The van der Waals surface area contributed by atoms with E-state index in [4.69, 9.17) is 15.5 Å². The lowest BCUT2D eigenvalue weighted by molar-refractivity contribution is 0.122. The third kappa shape index (κ3) is 2.95. The lowest BCUT2D eigenvalue weighted by Crippen LogP contribution is -2.36. The summed E-state index contributed by atoms with van der Waals surface area (Å²) >= 11 is 0. The van der Waals surface area contributed by atoms with Gasteiger partial charge in [-0.1, -0.05) is 12.1 Å². The van der Waals surface area contributed by atoms with Gasteiger partial charge < -0.3 is 15.4 Å². The summed E-state index contributed by atoms with van der Waals surface area (Å²) in [5, 5.41) is 8.13. The summed E-state index contributed by atoms with van der Waals surface area (Å²) in [7, 11) is 0. The molecule has 1 aliphatic rings. The third-order valence-corrected chi connectivity index (χ3v) is 5.03. The number of hydrogen-bond donors (Lipinski definition) is 2. The molecule has 4 heterocycles. The number of morpholine rings is 1. The number of nitrogens with zero attached hydrogens (tertiary/aromatic N) is 4. The van der Waals surface area contributed by atoms with Crippen LogP contribution in [0.2, 0.25) is 0 Å². The minimum atomic E-state index is 0.706. The van der Waals surface area contributed by atoms with E-state index in [1.54, 1.807) is 6.20 Å². The highest BCUT2D eigenvalue weighted by atomic mass is 16.5. The fourth-order valence-corrected chi connectivity index (χ4v) is 3.58. The predicted octanol–water partition coefficient (Wildman–Crippen LogP) is 3.11. The van der Waals surface area contributed by atoms with Gasteiger partial charge in [0.15, 0.2) is 0 Å². The molecule has 0 spiro atoms. The van der Waals surface area contributed by atoms with Crippen LogP contribution < -0.4 is 10.6 Å². The lowest BCUT2D eigenvalue weighted by atomic mass is 10.00. The van der Waals surface area contributed by atoms with E-state index < -0.39 is 0 Å². The number of anilines is 2. The Morgan fingerprint density at radius 1 is 1.00 bits per heavy atom. The van der Waals surface area contributed by atoms with Crippen LogP contribution in [0.25, 0.3) is 33.4 Å². The molecule has 4 aromatic rings. The predicted molar refractivity (Wildman–Crippen MR) is 110 cm³/mol. The smallest absolute Gasteiger partial charge is 0.130 e. The van der Waals surface area contributed by atoms with Crippen LogP contribution in [-0.4, -0.2) is 46.5 Å². The van der Waals surface area contributed by atoms with E-state index in [1.165, 1.54) is 0 Å². The van der Waals surface area contributed by atoms with E-state index in [1.807, 2.05) is 42.6 Å². The number of aromatic amines is 1. The first-order valence-corrected chi connectivity index (χ1v) is 9.28. The van der Waals surface area contributed by atoms with Gasteiger partial charge in [0.25, 0.3) is 0 Å². The molecule has 1 saturated heterocycles. The monoisotopic (exact) mass is 372 g/mol. The molecule has 5 rings (SSSR count). The average molecular weight is 372 g/mol. The highest BCUT2D eigenvalue weighted by Gasteiger charge is 2.18. The zero-order valence-electron chi connectivity index (χ0n) is 15.3.